The Labute approximate surface area is 158 Å². The highest BCUT2D eigenvalue weighted by Gasteiger charge is 2.22. The van der Waals surface area contributed by atoms with Crippen LogP contribution < -0.4 is 5.32 Å². The Morgan fingerprint density at radius 2 is 1.81 bits per heavy atom. The van der Waals surface area contributed by atoms with E-state index in [9.17, 15) is 9.59 Å². The molecule has 0 radical (unpaired) electrons. The van der Waals surface area contributed by atoms with Gasteiger partial charge in [0.25, 0.3) is 5.91 Å². The number of pyridine rings is 1. The number of nitrogens with zero attached hydrogens (tertiary/aromatic N) is 1. The summed E-state index contributed by atoms with van der Waals surface area (Å²) in [7, 11) is 1.33. The topological polar surface area (TPSA) is 68.3 Å². The summed E-state index contributed by atoms with van der Waals surface area (Å²) in [6.45, 7) is 0. The summed E-state index contributed by atoms with van der Waals surface area (Å²) in [5.41, 5.74) is 2.26. The number of hydrogen-bond acceptors (Lipinski definition) is 4. The van der Waals surface area contributed by atoms with Crippen molar-refractivity contribution in [3.8, 4) is 0 Å². The van der Waals surface area contributed by atoms with Crippen LogP contribution in [0.2, 0.25) is 0 Å². The highest BCUT2D eigenvalue weighted by molar-refractivity contribution is 6.06. The minimum Gasteiger partial charge on any atom is -0.467 e. The molecule has 0 spiro atoms. The minimum absolute atomic E-state index is 0.325. The first kappa shape index (κ1) is 18.6. The average Bonchev–Trinajstić information content (AvgIpc) is 2.72. The molecule has 0 saturated heterocycles. The van der Waals surface area contributed by atoms with Crippen molar-refractivity contribution in [2.45, 2.75) is 25.3 Å². The number of para-hydroxylation sites is 1. The molecule has 3 aromatic rings. The molecule has 5 heteroatoms. The molecule has 0 saturated carbocycles. The first-order valence-corrected chi connectivity index (χ1v) is 8.95. The molecule has 2 aromatic carbocycles. The Hall–Kier alpha value is -3.21. The number of esters is 1. The van der Waals surface area contributed by atoms with Crippen LogP contribution in [-0.2, 0) is 16.0 Å². The summed E-state index contributed by atoms with van der Waals surface area (Å²) < 4.78 is 4.87. The molecule has 27 heavy (non-hydrogen) atoms. The van der Waals surface area contributed by atoms with E-state index in [1.54, 1.807) is 12.3 Å². The summed E-state index contributed by atoms with van der Waals surface area (Å²) >= 11 is 0. The van der Waals surface area contributed by atoms with Gasteiger partial charge < -0.3 is 10.1 Å². The number of fused-ring (bicyclic) bond motifs is 1. The van der Waals surface area contributed by atoms with E-state index in [-0.39, 0.29) is 5.91 Å². The molecule has 0 unspecified atom stereocenters. The van der Waals surface area contributed by atoms with E-state index < -0.39 is 12.0 Å². The molecule has 1 aromatic heterocycles. The third kappa shape index (κ3) is 4.70. The van der Waals surface area contributed by atoms with Crippen LogP contribution in [0.15, 0.2) is 66.9 Å². The van der Waals surface area contributed by atoms with Crippen LogP contribution in [0.1, 0.15) is 28.8 Å². The lowest BCUT2D eigenvalue weighted by molar-refractivity contribution is -0.143. The normalized spacial score (nSPS) is 11.7. The third-order valence-electron chi connectivity index (χ3n) is 4.47. The van der Waals surface area contributed by atoms with Crippen LogP contribution in [0, 0.1) is 0 Å². The smallest absolute Gasteiger partial charge is 0.328 e. The van der Waals surface area contributed by atoms with Gasteiger partial charge in [0, 0.05) is 11.6 Å². The largest absolute Gasteiger partial charge is 0.467 e. The highest BCUT2D eigenvalue weighted by Crippen LogP contribution is 2.16. The van der Waals surface area contributed by atoms with Gasteiger partial charge in [0.2, 0.25) is 0 Å². The van der Waals surface area contributed by atoms with E-state index in [0.29, 0.717) is 17.5 Å². The van der Waals surface area contributed by atoms with E-state index in [1.807, 2.05) is 54.6 Å². The Morgan fingerprint density at radius 1 is 1.04 bits per heavy atom. The zero-order valence-corrected chi connectivity index (χ0v) is 15.2. The predicted molar refractivity (Wildman–Crippen MR) is 104 cm³/mol. The van der Waals surface area contributed by atoms with Gasteiger partial charge in [-0.3, -0.25) is 9.78 Å². The molecule has 1 N–H and O–H groups in total. The second-order valence-corrected chi connectivity index (χ2v) is 6.31. The third-order valence-corrected chi connectivity index (χ3v) is 4.47. The van der Waals surface area contributed by atoms with Crippen molar-refractivity contribution >= 4 is 22.8 Å². The summed E-state index contributed by atoms with van der Waals surface area (Å²) in [4.78, 5) is 29.2. The van der Waals surface area contributed by atoms with Crippen molar-refractivity contribution in [3.05, 3.63) is 78.0 Å². The zero-order valence-electron chi connectivity index (χ0n) is 15.2. The van der Waals surface area contributed by atoms with Gasteiger partial charge in [-0.2, -0.15) is 0 Å². The van der Waals surface area contributed by atoms with Crippen molar-refractivity contribution in [2.24, 2.45) is 0 Å². The van der Waals surface area contributed by atoms with Crippen LogP contribution in [-0.4, -0.2) is 30.0 Å². The molecule has 0 aliphatic rings. The lowest BCUT2D eigenvalue weighted by Crippen LogP contribution is -2.41. The maximum Gasteiger partial charge on any atom is 0.328 e. The maximum atomic E-state index is 12.8. The number of hydrogen-bond donors (Lipinski definition) is 1. The van der Waals surface area contributed by atoms with Gasteiger partial charge >= 0.3 is 5.97 Å². The molecule has 138 valence electrons. The number of carbonyl (C=O) groups excluding carboxylic acids is 2. The first-order chi connectivity index (χ1) is 13.2. The van der Waals surface area contributed by atoms with Crippen molar-refractivity contribution in [3.63, 3.8) is 0 Å². The molecule has 1 heterocycles. The van der Waals surface area contributed by atoms with Crippen molar-refractivity contribution in [1.29, 1.82) is 0 Å². The number of aromatic nitrogens is 1. The standard InChI is InChI=1S/C22H22N2O3/c1-27-22(26)19(14-5-10-16-8-3-2-4-9-16)24-21(25)18-13-6-11-17-12-7-15-23-20(17)18/h2-4,6-9,11-13,15,19H,5,10,14H2,1H3,(H,24,25)/t19-/m1/s1. The fourth-order valence-corrected chi connectivity index (χ4v) is 3.07. The van der Waals surface area contributed by atoms with E-state index in [2.05, 4.69) is 10.3 Å². The van der Waals surface area contributed by atoms with Gasteiger partial charge in [-0.15, -0.1) is 0 Å². The lowest BCUT2D eigenvalue weighted by Gasteiger charge is -2.17. The summed E-state index contributed by atoms with van der Waals surface area (Å²) in [5, 5.41) is 3.69. The van der Waals surface area contributed by atoms with Crippen LogP contribution in [0.5, 0.6) is 0 Å². The maximum absolute atomic E-state index is 12.8. The van der Waals surface area contributed by atoms with Gasteiger partial charge in [0.15, 0.2) is 0 Å². The molecule has 0 bridgehead atoms. The number of amides is 1. The van der Waals surface area contributed by atoms with Crippen LogP contribution in [0.3, 0.4) is 0 Å². The number of nitrogens with one attached hydrogen (secondary N) is 1. The van der Waals surface area contributed by atoms with Crippen molar-refractivity contribution < 1.29 is 14.3 Å². The second-order valence-electron chi connectivity index (χ2n) is 6.31. The predicted octanol–water partition coefficient (Wildman–Crippen LogP) is 3.53. The average molecular weight is 362 g/mol. The molecule has 0 fully saturated rings. The van der Waals surface area contributed by atoms with E-state index in [1.165, 1.54) is 12.7 Å². The number of benzene rings is 2. The molecular weight excluding hydrogens is 340 g/mol. The van der Waals surface area contributed by atoms with Crippen LogP contribution >= 0.6 is 0 Å². The van der Waals surface area contributed by atoms with Gasteiger partial charge in [0.05, 0.1) is 18.2 Å². The molecule has 5 nitrogen and oxygen atoms in total. The fourth-order valence-electron chi connectivity index (χ4n) is 3.07. The number of rotatable bonds is 7. The first-order valence-electron chi connectivity index (χ1n) is 8.95. The van der Waals surface area contributed by atoms with E-state index in [4.69, 9.17) is 4.74 Å². The molecular formula is C22H22N2O3. The van der Waals surface area contributed by atoms with E-state index >= 15 is 0 Å². The number of ether oxygens (including phenoxy) is 1. The number of methoxy groups -OCH3 is 1. The quantitative estimate of drug-likeness (QED) is 0.653. The van der Waals surface area contributed by atoms with E-state index in [0.717, 1.165) is 18.2 Å². The summed E-state index contributed by atoms with van der Waals surface area (Å²) in [5.74, 6) is -0.765. The number of aryl methyl sites for hydroxylation is 1. The van der Waals surface area contributed by atoms with Crippen LogP contribution in [0.25, 0.3) is 10.9 Å². The SMILES string of the molecule is COC(=O)[C@@H](CCCc1ccccc1)NC(=O)c1cccc2cccnc12. The van der Waals surface area contributed by atoms with Gasteiger partial charge in [-0.05, 0) is 37.0 Å². The molecule has 1 atom stereocenters. The highest BCUT2D eigenvalue weighted by atomic mass is 16.5. The molecule has 3 rings (SSSR count). The fraction of sp³-hybridized carbons (Fsp3) is 0.227. The molecule has 0 aliphatic heterocycles. The van der Waals surface area contributed by atoms with Crippen LogP contribution in [0.4, 0.5) is 0 Å². The Bertz CT molecular complexity index is 920. The Morgan fingerprint density at radius 3 is 2.59 bits per heavy atom. The van der Waals surface area contributed by atoms with Gasteiger partial charge in [-0.25, -0.2) is 4.79 Å². The minimum atomic E-state index is -0.690. The Balaban J connectivity index is 1.70. The van der Waals surface area contributed by atoms with Crippen molar-refractivity contribution in [1.82, 2.24) is 10.3 Å². The number of carbonyl (C=O) groups is 2. The zero-order chi connectivity index (χ0) is 19.1. The molecule has 0 aliphatic carbocycles. The lowest BCUT2D eigenvalue weighted by atomic mass is 10.0. The van der Waals surface area contributed by atoms with Crippen molar-refractivity contribution in [2.75, 3.05) is 7.11 Å². The van der Waals surface area contributed by atoms with Gasteiger partial charge in [-0.1, -0.05) is 48.5 Å². The summed E-state index contributed by atoms with van der Waals surface area (Å²) in [6.07, 6.45) is 3.75. The van der Waals surface area contributed by atoms with Gasteiger partial charge in [0.1, 0.15) is 6.04 Å². The monoisotopic (exact) mass is 362 g/mol. The Kier molecular flexibility index (Phi) is 6.15. The molecule has 1 amide bonds. The summed E-state index contributed by atoms with van der Waals surface area (Å²) in [6, 6.07) is 18.5. The second kappa shape index (κ2) is 8.94.